The van der Waals surface area contributed by atoms with E-state index in [-0.39, 0.29) is 10.8 Å². The Morgan fingerprint density at radius 2 is 2.00 bits per heavy atom. The molecule has 140 valence electrons. The zero-order valence-electron chi connectivity index (χ0n) is 14.9. The molecule has 0 aliphatic carbocycles. The van der Waals surface area contributed by atoms with Crippen LogP contribution in [-0.4, -0.2) is 38.3 Å². The van der Waals surface area contributed by atoms with Crippen molar-refractivity contribution >= 4 is 15.9 Å². The van der Waals surface area contributed by atoms with Crippen molar-refractivity contribution in [2.75, 3.05) is 19.6 Å². The van der Waals surface area contributed by atoms with Crippen molar-refractivity contribution in [2.24, 2.45) is 11.8 Å². The number of sulfonamides is 1. The van der Waals surface area contributed by atoms with Gasteiger partial charge in [-0.2, -0.15) is 4.31 Å². The lowest BCUT2D eigenvalue weighted by atomic mass is 9.93. The molecule has 1 heterocycles. The Labute approximate surface area is 149 Å². The first-order valence-corrected chi connectivity index (χ1v) is 10.3. The van der Waals surface area contributed by atoms with Gasteiger partial charge in [0.05, 0.1) is 4.90 Å². The van der Waals surface area contributed by atoms with E-state index in [1.165, 1.54) is 22.5 Å². The van der Waals surface area contributed by atoms with Crippen LogP contribution in [0, 0.1) is 17.7 Å². The molecule has 1 aliphatic heterocycles. The maximum absolute atomic E-state index is 13.3. The minimum atomic E-state index is -3.64. The van der Waals surface area contributed by atoms with E-state index in [2.05, 4.69) is 19.2 Å². The Hall–Kier alpha value is -1.47. The normalized spacial score (nSPS) is 17.0. The Morgan fingerprint density at radius 3 is 2.60 bits per heavy atom. The van der Waals surface area contributed by atoms with Crippen LogP contribution in [0.2, 0.25) is 0 Å². The Morgan fingerprint density at radius 1 is 1.32 bits per heavy atom. The average molecular weight is 370 g/mol. The van der Waals surface area contributed by atoms with Gasteiger partial charge in [-0.05, 0) is 49.3 Å². The summed E-state index contributed by atoms with van der Waals surface area (Å²) in [5.41, 5.74) is 0. The van der Waals surface area contributed by atoms with Gasteiger partial charge in [0.25, 0.3) is 0 Å². The molecule has 0 atom stereocenters. The molecular formula is C18H27FN2O3S. The Balaban J connectivity index is 1.82. The van der Waals surface area contributed by atoms with Gasteiger partial charge in [0.1, 0.15) is 5.82 Å². The van der Waals surface area contributed by atoms with Gasteiger partial charge in [-0.3, -0.25) is 4.79 Å². The maximum Gasteiger partial charge on any atom is 0.243 e. The van der Waals surface area contributed by atoms with Crippen LogP contribution in [0.1, 0.15) is 39.5 Å². The first-order valence-electron chi connectivity index (χ1n) is 8.81. The van der Waals surface area contributed by atoms with Gasteiger partial charge in [0.2, 0.25) is 15.9 Å². The van der Waals surface area contributed by atoms with Crippen LogP contribution in [0.15, 0.2) is 29.2 Å². The van der Waals surface area contributed by atoms with Crippen molar-refractivity contribution in [3.8, 4) is 0 Å². The van der Waals surface area contributed by atoms with E-state index in [4.69, 9.17) is 0 Å². The summed E-state index contributed by atoms with van der Waals surface area (Å²) in [6, 6.07) is 5.12. The van der Waals surface area contributed by atoms with Gasteiger partial charge in [-0.1, -0.05) is 19.9 Å². The summed E-state index contributed by atoms with van der Waals surface area (Å²) in [6.07, 6.45) is 2.71. The van der Waals surface area contributed by atoms with E-state index in [9.17, 15) is 17.6 Å². The Bertz CT molecular complexity index is 683. The number of carbonyl (C=O) groups is 1. The van der Waals surface area contributed by atoms with E-state index >= 15 is 0 Å². The van der Waals surface area contributed by atoms with Gasteiger partial charge in [0, 0.05) is 26.1 Å². The molecule has 1 aromatic rings. The SMILES string of the molecule is CC(C)CNC(=O)CCC1CCN(S(=O)(=O)c2cccc(F)c2)CC1. The van der Waals surface area contributed by atoms with Crippen molar-refractivity contribution < 1.29 is 17.6 Å². The van der Waals surface area contributed by atoms with E-state index in [1.807, 2.05) is 0 Å². The standard InChI is InChI=1S/C18H27FN2O3S/c1-14(2)13-20-18(22)7-6-15-8-10-21(11-9-15)25(23,24)17-5-3-4-16(19)12-17/h3-5,12,14-15H,6-11,13H2,1-2H3,(H,20,22). The van der Waals surface area contributed by atoms with Crippen LogP contribution < -0.4 is 5.32 Å². The molecule has 0 saturated carbocycles. The van der Waals surface area contributed by atoms with Crippen LogP contribution in [0.4, 0.5) is 4.39 Å². The third kappa shape index (κ3) is 5.78. The highest BCUT2D eigenvalue weighted by Gasteiger charge is 2.29. The number of nitrogens with one attached hydrogen (secondary N) is 1. The monoisotopic (exact) mass is 370 g/mol. The van der Waals surface area contributed by atoms with E-state index in [0.717, 1.165) is 25.3 Å². The van der Waals surface area contributed by atoms with Crippen LogP contribution in [0.5, 0.6) is 0 Å². The maximum atomic E-state index is 13.3. The zero-order chi connectivity index (χ0) is 18.4. The van der Waals surface area contributed by atoms with E-state index < -0.39 is 15.8 Å². The van der Waals surface area contributed by atoms with Crippen molar-refractivity contribution in [2.45, 2.75) is 44.4 Å². The molecule has 5 nitrogen and oxygen atoms in total. The first-order chi connectivity index (χ1) is 11.8. The lowest BCUT2D eigenvalue weighted by Crippen LogP contribution is -2.38. The molecule has 1 amide bonds. The fourth-order valence-corrected chi connectivity index (χ4v) is 4.46. The summed E-state index contributed by atoms with van der Waals surface area (Å²) in [6.45, 7) is 5.61. The van der Waals surface area contributed by atoms with Crippen molar-refractivity contribution in [3.05, 3.63) is 30.1 Å². The number of nitrogens with zero attached hydrogens (tertiary/aromatic N) is 1. The number of carbonyl (C=O) groups excluding carboxylic acids is 1. The first kappa shape index (κ1) is 19.8. The summed E-state index contributed by atoms with van der Waals surface area (Å²) < 4.78 is 39.8. The smallest absolute Gasteiger partial charge is 0.243 e. The highest BCUT2D eigenvalue weighted by molar-refractivity contribution is 7.89. The number of piperidine rings is 1. The van der Waals surface area contributed by atoms with Crippen LogP contribution >= 0.6 is 0 Å². The number of benzene rings is 1. The van der Waals surface area contributed by atoms with Crippen molar-refractivity contribution in [1.29, 1.82) is 0 Å². The van der Waals surface area contributed by atoms with Gasteiger partial charge in [-0.25, -0.2) is 12.8 Å². The summed E-state index contributed by atoms with van der Waals surface area (Å²) >= 11 is 0. The topological polar surface area (TPSA) is 66.5 Å². The molecule has 7 heteroatoms. The average Bonchev–Trinajstić information content (AvgIpc) is 2.58. The second kappa shape index (κ2) is 8.76. The lowest BCUT2D eigenvalue weighted by Gasteiger charge is -2.31. The van der Waals surface area contributed by atoms with Gasteiger partial charge in [0.15, 0.2) is 0 Å². The van der Waals surface area contributed by atoms with Crippen LogP contribution in [0.3, 0.4) is 0 Å². The fraction of sp³-hybridized carbons (Fsp3) is 0.611. The molecule has 0 bridgehead atoms. The lowest BCUT2D eigenvalue weighted by molar-refractivity contribution is -0.121. The molecule has 1 aromatic carbocycles. The predicted molar refractivity (Wildman–Crippen MR) is 95.0 cm³/mol. The second-order valence-corrected chi connectivity index (χ2v) is 8.98. The summed E-state index contributed by atoms with van der Waals surface area (Å²) in [4.78, 5) is 11.8. The minimum Gasteiger partial charge on any atom is -0.356 e. The Kier molecular flexibility index (Phi) is 6.95. The quantitative estimate of drug-likeness (QED) is 0.803. The number of hydrogen-bond donors (Lipinski definition) is 1. The van der Waals surface area contributed by atoms with Gasteiger partial charge >= 0.3 is 0 Å². The van der Waals surface area contributed by atoms with E-state index in [1.54, 1.807) is 0 Å². The minimum absolute atomic E-state index is 0.000914. The summed E-state index contributed by atoms with van der Waals surface area (Å²) in [7, 11) is -3.64. The number of hydrogen-bond acceptors (Lipinski definition) is 3. The third-order valence-corrected chi connectivity index (χ3v) is 6.39. The largest absolute Gasteiger partial charge is 0.356 e. The zero-order valence-corrected chi connectivity index (χ0v) is 15.7. The van der Waals surface area contributed by atoms with Gasteiger partial charge in [-0.15, -0.1) is 0 Å². The molecule has 0 aromatic heterocycles. The molecule has 0 unspecified atom stereocenters. The third-order valence-electron chi connectivity index (χ3n) is 4.49. The number of halogens is 1. The van der Waals surface area contributed by atoms with Crippen LogP contribution in [-0.2, 0) is 14.8 Å². The highest BCUT2D eigenvalue weighted by atomic mass is 32.2. The van der Waals surface area contributed by atoms with Crippen molar-refractivity contribution in [1.82, 2.24) is 9.62 Å². The number of rotatable bonds is 7. The molecule has 0 spiro atoms. The molecule has 1 N–H and O–H groups in total. The molecule has 1 aliphatic rings. The molecule has 1 fully saturated rings. The fourth-order valence-electron chi connectivity index (χ4n) is 2.96. The molecule has 2 rings (SSSR count). The molecule has 0 radical (unpaired) electrons. The molecule has 25 heavy (non-hydrogen) atoms. The highest BCUT2D eigenvalue weighted by Crippen LogP contribution is 2.26. The predicted octanol–water partition coefficient (Wildman–Crippen LogP) is 2.78. The number of amides is 1. The summed E-state index contributed by atoms with van der Waals surface area (Å²) in [5, 5.41) is 2.90. The van der Waals surface area contributed by atoms with Crippen LogP contribution in [0.25, 0.3) is 0 Å². The molecule has 1 saturated heterocycles. The van der Waals surface area contributed by atoms with E-state index in [0.29, 0.717) is 37.9 Å². The second-order valence-electron chi connectivity index (χ2n) is 7.04. The van der Waals surface area contributed by atoms with Gasteiger partial charge < -0.3 is 5.32 Å². The molecular weight excluding hydrogens is 343 g/mol. The van der Waals surface area contributed by atoms with Crippen molar-refractivity contribution in [3.63, 3.8) is 0 Å². The summed E-state index contributed by atoms with van der Waals surface area (Å²) in [5.74, 6) is 0.288.